The van der Waals surface area contributed by atoms with Crippen LogP contribution < -0.4 is 10.3 Å². The molecule has 0 aliphatic carbocycles. The number of rotatable bonds is 4. The van der Waals surface area contributed by atoms with Crippen molar-refractivity contribution in [3.8, 4) is 5.75 Å². The van der Waals surface area contributed by atoms with Crippen LogP contribution in [0.25, 0.3) is 10.9 Å². The molecule has 0 unspecified atom stereocenters. The maximum Gasteiger partial charge on any atom is 0.260 e. The molecule has 2 fully saturated rings. The first-order valence-electron chi connectivity index (χ1n) is 10.4. The Balaban J connectivity index is 1.36. The van der Waals surface area contributed by atoms with Crippen molar-refractivity contribution in [2.45, 2.75) is 38.1 Å². The minimum absolute atomic E-state index is 0.00172. The molecule has 1 amide bonds. The van der Waals surface area contributed by atoms with Crippen LogP contribution in [0, 0.1) is 0 Å². The van der Waals surface area contributed by atoms with Gasteiger partial charge in [0.25, 0.3) is 11.5 Å². The zero-order chi connectivity index (χ0) is 19.5. The molecule has 28 heavy (non-hydrogen) atoms. The molecule has 0 radical (unpaired) electrons. The molecule has 2 aliphatic rings. The summed E-state index contributed by atoms with van der Waals surface area (Å²) in [5.41, 5.74) is 0.670. The van der Waals surface area contributed by atoms with Gasteiger partial charge in [-0.05, 0) is 50.9 Å². The third-order valence-electron chi connectivity index (χ3n) is 6.19. The summed E-state index contributed by atoms with van der Waals surface area (Å²) in [6.45, 7) is 3.97. The number of benzene rings is 1. The predicted molar refractivity (Wildman–Crippen MR) is 110 cm³/mol. The number of amides is 1. The average Bonchev–Trinajstić information content (AvgIpc) is 2.76. The average molecular weight is 383 g/mol. The van der Waals surface area contributed by atoms with E-state index in [-0.39, 0.29) is 18.1 Å². The van der Waals surface area contributed by atoms with Crippen molar-refractivity contribution in [2.75, 3.05) is 32.8 Å². The Morgan fingerprint density at radius 2 is 1.79 bits per heavy atom. The predicted octanol–water partition coefficient (Wildman–Crippen LogP) is 2.39. The molecule has 0 spiro atoms. The second kappa shape index (κ2) is 8.35. The lowest BCUT2D eigenvalue weighted by molar-refractivity contribution is -0.135. The lowest BCUT2D eigenvalue weighted by Gasteiger charge is -2.40. The van der Waals surface area contributed by atoms with Gasteiger partial charge in [-0.1, -0.05) is 18.6 Å². The standard InChI is InChI=1S/C22H29N3O3/c1-23-19-8-4-3-7-18(19)20(15-21(23)26)28-16-22(27)25-13-9-17(10-14-25)24-11-5-2-6-12-24/h3-4,7-8,15,17H,2,5-6,9-14,16H2,1H3. The molecule has 2 saturated heterocycles. The normalized spacial score (nSPS) is 19.1. The van der Waals surface area contributed by atoms with Crippen molar-refractivity contribution in [1.82, 2.24) is 14.4 Å². The van der Waals surface area contributed by atoms with Crippen molar-refractivity contribution in [3.63, 3.8) is 0 Å². The van der Waals surface area contributed by atoms with Gasteiger partial charge in [0.15, 0.2) is 6.61 Å². The third-order valence-corrected chi connectivity index (χ3v) is 6.19. The Morgan fingerprint density at radius 1 is 1.07 bits per heavy atom. The monoisotopic (exact) mass is 383 g/mol. The highest BCUT2D eigenvalue weighted by Gasteiger charge is 2.27. The molecule has 1 aromatic heterocycles. The number of likely N-dealkylation sites (tertiary alicyclic amines) is 2. The first-order chi connectivity index (χ1) is 13.6. The van der Waals surface area contributed by atoms with Crippen molar-refractivity contribution >= 4 is 16.8 Å². The van der Waals surface area contributed by atoms with Crippen molar-refractivity contribution < 1.29 is 9.53 Å². The maximum absolute atomic E-state index is 12.6. The van der Waals surface area contributed by atoms with Gasteiger partial charge in [-0.25, -0.2) is 0 Å². The number of ether oxygens (including phenoxy) is 1. The summed E-state index contributed by atoms with van der Waals surface area (Å²) in [6.07, 6.45) is 6.04. The van der Waals surface area contributed by atoms with Gasteiger partial charge in [0.1, 0.15) is 5.75 Å². The Labute approximate surface area is 165 Å². The van der Waals surface area contributed by atoms with Gasteiger partial charge in [-0.2, -0.15) is 0 Å². The summed E-state index contributed by atoms with van der Waals surface area (Å²) >= 11 is 0. The molecule has 0 atom stereocenters. The maximum atomic E-state index is 12.6. The molecule has 0 N–H and O–H groups in total. The second-order valence-corrected chi connectivity index (χ2v) is 7.92. The Hall–Kier alpha value is -2.34. The van der Waals surface area contributed by atoms with E-state index in [1.165, 1.54) is 38.4 Å². The summed E-state index contributed by atoms with van der Waals surface area (Å²) in [4.78, 5) is 29.3. The number of aryl methyl sites for hydroxylation is 1. The molecular formula is C22H29N3O3. The van der Waals surface area contributed by atoms with E-state index in [2.05, 4.69) is 4.90 Å². The van der Waals surface area contributed by atoms with Crippen molar-refractivity contribution in [2.24, 2.45) is 7.05 Å². The highest BCUT2D eigenvalue weighted by molar-refractivity contribution is 5.86. The number of carbonyl (C=O) groups excluding carboxylic acids is 1. The number of fused-ring (bicyclic) bond motifs is 1. The molecular weight excluding hydrogens is 354 g/mol. The SMILES string of the molecule is Cn1c(=O)cc(OCC(=O)N2CCC(N3CCCCC3)CC2)c2ccccc21. The Morgan fingerprint density at radius 3 is 2.54 bits per heavy atom. The van der Waals surface area contributed by atoms with E-state index in [4.69, 9.17) is 4.74 Å². The third kappa shape index (κ3) is 3.92. The molecule has 3 heterocycles. The first-order valence-corrected chi connectivity index (χ1v) is 10.4. The van der Waals surface area contributed by atoms with Crippen LogP contribution in [-0.2, 0) is 11.8 Å². The van der Waals surface area contributed by atoms with Crippen LogP contribution in [0.4, 0.5) is 0 Å². The Bertz CT molecular complexity index is 894. The van der Waals surface area contributed by atoms with Gasteiger partial charge in [-0.15, -0.1) is 0 Å². The lowest BCUT2D eigenvalue weighted by atomic mass is 10.00. The number of hydrogen-bond acceptors (Lipinski definition) is 4. The van der Waals surface area contributed by atoms with Crippen LogP contribution in [0.5, 0.6) is 5.75 Å². The van der Waals surface area contributed by atoms with E-state index in [0.717, 1.165) is 36.8 Å². The molecule has 6 heteroatoms. The van der Waals surface area contributed by atoms with Crippen LogP contribution >= 0.6 is 0 Å². The number of pyridine rings is 1. The van der Waals surface area contributed by atoms with E-state index >= 15 is 0 Å². The van der Waals surface area contributed by atoms with Gasteiger partial charge < -0.3 is 19.1 Å². The Kier molecular flexibility index (Phi) is 5.67. The fourth-order valence-corrected chi connectivity index (χ4v) is 4.49. The van der Waals surface area contributed by atoms with Gasteiger partial charge in [-0.3, -0.25) is 9.59 Å². The number of para-hydroxylation sites is 1. The highest BCUT2D eigenvalue weighted by atomic mass is 16.5. The summed E-state index contributed by atoms with van der Waals surface area (Å²) in [5.74, 6) is 0.483. The van der Waals surface area contributed by atoms with Crippen molar-refractivity contribution in [3.05, 3.63) is 40.7 Å². The molecule has 2 aliphatic heterocycles. The van der Waals surface area contributed by atoms with Gasteiger partial charge >= 0.3 is 0 Å². The van der Waals surface area contributed by atoms with E-state index in [1.54, 1.807) is 11.6 Å². The summed E-state index contributed by atoms with van der Waals surface area (Å²) in [6, 6.07) is 9.69. The number of carbonyl (C=O) groups is 1. The van der Waals surface area contributed by atoms with Crippen LogP contribution in [0.3, 0.4) is 0 Å². The van der Waals surface area contributed by atoms with Crippen LogP contribution in [-0.4, -0.2) is 59.1 Å². The highest BCUT2D eigenvalue weighted by Crippen LogP contribution is 2.24. The van der Waals surface area contributed by atoms with Crippen molar-refractivity contribution in [1.29, 1.82) is 0 Å². The summed E-state index contributed by atoms with van der Waals surface area (Å²) in [7, 11) is 1.74. The number of nitrogens with zero attached hydrogens (tertiary/aromatic N) is 3. The molecule has 150 valence electrons. The minimum Gasteiger partial charge on any atom is -0.483 e. The van der Waals surface area contributed by atoms with Crippen LogP contribution in [0.1, 0.15) is 32.1 Å². The topological polar surface area (TPSA) is 54.8 Å². The molecule has 6 nitrogen and oxygen atoms in total. The largest absolute Gasteiger partial charge is 0.483 e. The quantitative estimate of drug-likeness (QED) is 0.814. The summed E-state index contributed by atoms with van der Waals surface area (Å²) in [5, 5.41) is 0.848. The zero-order valence-corrected chi connectivity index (χ0v) is 16.6. The minimum atomic E-state index is -0.136. The fourth-order valence-electron chi connectivity index (χ4n) is 4.49. The first kappa shape index (κ1) is 19.0. The molecule has 4 rings (SSSR count). The van der Waals surface area contributed by atoms with Gasteiger partial charge in [0.2, 0.25) is 0 Å². The molecule has 0 saturated carbocycles. The van der Waals surface area contributed by atoms with Gasteiger partial charge in [0, 0.05) is 37.6 Å². The van der Waals surface area contributed by atoms with E-state index in [0.29, 0.717) is 11.8 Å². The number of aromatic nitrogens is 1. The summed E-state index contributed by atoms with van der Waals surface area (Å²) < 4.78 is 7.39. The van der Waals surface area contributed by atoms with E-state index in [9.17, 15) is 9.59 Å². The molecule has 1 aromatic carbocycles. The van der Waals surface area contributed by atoms with Crippen LogP contribution in [0.15, 0.2) is 35.1 Å². The number of piperidine rings is 2. The second-order valence-electron chi connectivity index (χ2n) is 7.92. The van der Waals surface area contributed by atoms with E-state index < -0.39 is 0 Å². The number of hydrogen-bond donors (Lipinski definition) is 0. The fraction of sp³-hybridized carbons (Fsp3) is 0.545. The van der Waals surface area contributed by atoms with E-state index in [1.807, 2.05) is 29.2 Å². The van der Waals surface area contributed by atoms with Gasteiger partial charge in [0.05, 0.1) is 5.52 Å². The zero-order valence-electron chi connectivity index (χ0n) is 16.6. The van der Waals surface area contributed by atoms with Crippen LogP contribution in [0.2, 0.25) is 0 Å². The molecule has 2 aromatic rings. The molecule has 0 bridgehead atoms. The smallest absolute Gasteiger partial charge is 0.260 e. The lowest BCUT2D eigenvalue weighted by Crippen LogP contribution is -2.49.